The second kappa shape index (κ2) is 11.2. The molecule has 0 aromatic heterocycles. The fourth-order valence-electron chi connectivity index (χ4n) is 3.94. The molecule has 0 radical (unpaired) electrons. The van der Waals surface area contributed by atoms with Gasteiger partial charge < -0.3 is 15.0 Å². The summed E-state index contributed by atoms with van der Waals surface area (Å²) >= 11 is 18.0. The van der Waals surface area contributed by atoms with Crippen LogP contribution in [0.2, 0.25) is 10.0 Å². The number of thiocarbonyl (C=S) groups is 1. The van der Waals surface area contributed by atoms with Gasteiger partial charge in [0.25, 0.3) is 5.91 Å². The lowest BCUT2D eigenvalue weighted by molar-refractivity contribution is -0.124. The van der Waals surface area contributed by atoms with Crippen LogP contribution < -0.4 is 15.0 Å². The summed E-state index contributed by atoms with van der Waals surface area (Å²) < 4.78 is 18.4. The van der Waals surface area contributed by atoms with Gasteiger partial charge >= 0.3 is 0 Å². The van der Waals surface area contributed by atoms with Gasteiger partial charge in [-0.2, -0.15) is 0 Å². The van der Waals surface area contributed by atoms with Gasteiger partial charge in [-0.1, -0.05) is 29.3 Å². The molecule has 3 aromatic carbocycles. The zero-order chi connectivity index (χ0) is 25.8. The van der Waals surface area contributed by atoms with E-state index in [1.165, 1.54) is 29.2 Å². The van der Waals surface area contributed by atoms with Crippen molar-refractivity contribution in [2.45, 2.75) is 18.9 Å². The second-order valence-electron chi connectivity index (χ2n) is 8.11. The molecule has 1 fully saturated rings. The molecule has 186 valence electrons. The molecule has 1 heterocycles. The summed E-state index contributed by atoms with van der Waals surface area (Å²) in [4.78, 5) is 29.5. The van der Waals surface area contributed by atoms with Crippen LogP contribution in [0.3, 0.4) is 0 Å². The number of hydrogen-bond donors (Lipinski definition) is 1. The largest absolute Gasteiger partial charge is 0.497 e. The Balaban J connectivity index is 1.57. The van der Waals surface area contributed by atoms with Crippen LogP contribution in [0, 0.1) is 5.82 Å². The highest BCUT2D eigenvalue weighted by Crippen LogP contribution is 2.30. The van der Waals surface area contributed by atoms with Gasteiger partial charge in [0, 0.05) is 22.3 Å². The number of nitrogens with one attached hydrogen (secondary N) is 1. The molecule has 1 aliphatic heterocycles. The maximum atomic E-state index is 13.5. The lowest BCUT2D eigenvalue weighted by atomic mass is 10.1. The van der Waals surface area contributed by atoms with E-state index in [1.54, 1.807) is 48.4 Å². The number of anilines is 2. The van der Waals surface area contributed by atoms with E-state index in [1.807, 2.05) is 6.07 Å². The van der Waals surface area contributed by atoms with Crippen molar-refractivity contribution in [2.75, 3.05) is 23.9 Å². The number of benzene rings is 3. The maximum Gasteiger partial charge on any atom is 0.256 e. The van der Waals surface area contributed by atoms with Crippen LogP contribution in [0.25, 0.3) is 0 Å². The molecule has 0 unspecified atom stereocenters. The highest BCUT2D eigenvalue weighted by molar-refractivity contribution is 7.80. The number of ether oxygens (including phenoxy) is 1. The zero-order valence-electron chi connectivity index (χ0n) is 19.2. The van der Waals surface area contributed by atoms with Gasteiger partial charge in [-0.05, 0) is 84.9 Å². The smallest absolute Gasteiger partial charge is 0.256 e. The summed E-state index contributed by atoms with van der Waals surface area (Å²) in [6.45, 7) is 0.354. The monoisotopic (exact) mass is 545 g/mol. The van der Waals surface area contributed by atoms with Crippen molar-refractivity contribution in [3.8, 4) is 5.75 Å². The van der Waals surface area contributed by atoms with Crippen molar-refractivity contribution >= 4 is 63.7 Å². The zero-order valence-corrected chi connectivity index (χ0v) is 21.5. The Bertz CT molecular complexity index is 1290. The molecule has 1 saturated heterocycles. The number of amides is 2. The molecule has 1 N–H and O–H groups in total. The first-order chi connectivity index (χ1) is 17.3. The summed E-state index contributed by atoms with van der Waals surface area (Å²) in [5.41, 5.74) is 1.84. The number of methoxy groups -OCH3 is 1. The summed E-state index contributed by atoms with van der Waals surface area (Å²) in [6.07, 6.45) is 0.341. The van der Waals surface area contributed by atoms with Gasteiger partial charge in [0.05, 0.1) is 19.2 Å². The maximum absolute atomic E-state index is 13.5. The molecule has 3 aromatic rings. The van der Waals surface area contributed by atoms with E-state index < -0.39 is 17.8 Å². The van der Waals surface area contributed by atoms with E-state index in [0.29, 0.717) is 40.1 Å². The van der Waals surface area contributed by atoms with Crippen LogP contribution in [0.15, 0.2) is 66.7 Å². The molecule has 36 heavy (non-hydrogen) atoms. The average Bonchev–Trinajstić information content (AvgIpc) is 3.08. The fourth-order valence-corrected chi connectivity index (χ4v) is 4.86. The molecule has 6 nitrogen and oxygen atoms in total. The number of halogens is 3. The van der Waals surface area contributed by atoms with Gasteiger partial charge in [-0.3, -0.25) is 14.5 Å². The van der Waals surface area contributed by atoms with E-state index in [-0.39, 0.29) is 17.4 Å². The predicted molar refractivity (Wildman–Crippen MR) is 143 cm³/mol. The van der Waals surface area contributed by atoms with E-state index in [9.17, 15) is 14.0 Å². The summed E-state index contributed by atoms with van der Waals surface area (Å²) in [6, 6.07) is 16.7. The Labute approximate surface area is 223 Å². The van der Waals surface area contributed by atoms with E-state index in [4.69, 9.17) is 40.2 Å². The van der Waals surface area contributed by atoms with Gasteiger partial charge in [0.2, 0.25) is 5.91 Å². The molecule has 10 heteroatoms. The van der Waals surface area contributed by atoms with Crippen LogP contribution in [0.4, 0.5) is 15.8 Å². The van der Waals surface area contributed by atoms with Gasteiger partial charge in [-0.25, -0.2) is 4.39 Å². The fraction of sp³-hybridized carbons (Fsp3) is 0.192. The van der Waals surface area contributed by atoms with Crippen LogP contribution in [0.1, 0.15) is 12.0 Å². The Morgan fingerprint density at radius 2 is 1.78 bits per heavy atom. The van der Waals surface area contributed by atoms with Crippen molar-refractivity contribution in [2.24, 2.45) is 0 Å². The Morgan fingerprint density at radius 3 is 2.42 bits per heavy atom. The van der Waals surface area contributed by atoms with Crippen LogP contribution in [0.5, 0.6) is 5.75 Å². The quantitative estimate of drug-likeness (QED) is 0.367. The molecule has 0 spiro atoms. The molecular formula is C26H22Cl2FN3O3S. The number of carbonyl (C=O) groups is 2. The molecule has 1 atom stereocenters. The van der Waals surface area contributed by atoms with E-state index in [0.717, 1.165) is 5.56 Å². The minimum atomic E-state index is -0.828. The van der Waals surface area contributed by atoms with Crippen LogP contribution in [-0.4, -0.2) is 41.5 Å². The highest BCUT2D eigenvalue weighted by atomic mass is 35.5. The average molecular weight is 546 g/mol. The number of hydrogen-bond acceptors (Lipinski definition) is 4. The topological polar surface area (TPSA) is 61.9 Å². The van der Waals surface area contributed by atoms with Crippen LogP contribution >= 0.6 is 35.4 Å². The van der Waals surface area contributed by atoms with Crippen molar-refractivity contribution in [3.63, 3.8) is 0 Å². The lowest BCUT2D eigenvalue weighted by Gasteiger charge is -2.24. The number of carbonyl (C=O) groups excluding carboxylic acids is 2. The third kappa shape index (κ3) is 5.78. The minimum Gasteiger partial charge on any atom is -0.497 e. The van der Waals surface area contributed by atoms with E-state index >= 15 is 0 Å². The number of nitrogens with zero attached hydrogens (tertiary/aromatic N) is 2. The second-order valence-corrected chi connectivity index (χ2v) is 9.32. The van der Waals surface area contributed by atoms with Crippen molar-refractivity contribution < 1.29 is 18.7 Å². The molecule has 0 saturated carbocycles. The van der Waals surface area contributed by atoms with Crippen molar-refractivity contribution in [3.05, 3.63) is 88.2 Å². The Kier molecular flexibility index (Phi) is 8.08. The SMILES string of the molecule is COc1ccc(N2C(=O)[C@@H](CC(=O)Nc3ccc(F)cc3)N(CCc3ccc(Cl)cc3Cl)C2=S)cc1. The van der Waals surface area contributed by atoms with E-state index in [2.05, 4.69) is 5.32 Å². The van der Waals surface area contributed by atoms with Crippen molar-refractivity contribution in [1.82, 2.24) is 4.90 Å². The first-order valence-corrected chi connectivity index (χ1v) is 12.2. The van der Waals surface area contributed by atoms with Crippen LogP contribution in [-0.2, 0) is 16.0 Å². The first kappa shape index (κ1) is 25.9. The standard InChI is InChI=1S/C26H22Cl2FN3O3S/c1-35-21-10-8-20(9-11-21)32-25(34)23(15-24(33)30-19-6-4-18(29)5-7-19)31(26(32)36)13-12-16-2-3-17(27)14-22(16)28/h2-11,14,23H,12-13,15H2,1H3,(H,30,33)/t23-/m1/s1. The van der Waals surface area contributed by atoms with Gasteiger partial charge in [-0.15, -0.1) is 0 Å². The highest BCUT2D eigenvalue weighted by Gasteiger charge is 2.44. The summed E-state index contributed by atoms with van der Waals surface area (Å²) in [5, 5.41) is 4.03. The molecular weight excluding hydrogens is 524 g/mol. The number of rotatable bonds is 8. The molecule has 4 rings (SSSR count). The molecule has 1 aliphatic rings. The molecule has 0 bridgehead atoms. The lowest BCUT2D eigenvalue weighted by Crippen LogP contribution is -2.39. The first-order valence-electron chi connectivity index (χ1n) is 11.0. The third-order valence-electron chi connectivity index (χ3n) is 5.79. The minimum absolute atomic E-state index is 0.142. The molecule has 0 aliphatic carbocycles. The van der Waals surface area contributed by atoms with Gasteiger partial charge in [0.1, 0.15) is 17.6 Å². The third-order valence-corrected chi connectivity index (χ3v) is 6.80. The summed E-state index contributed by atoms with van der Waals surface area (Å²) in [7, 11) is 1.56. The Morgan fingerprint density at radius 1 is 1.08 bits per heavy atom. The Hall–Kier alpha value is -3.20. The normalized spacial score (nSPS) is 15.4. The molecule has 2 amide bonds. The van der Waals surface area contributed by atoms with Crippen molar-refractivity contribution in [1.29, 1.82) is 0 Å². The predicted octanol–water partition coefficient (Wildman–Crippen LogP) is 5.71. The van der Waals surface area contributed by atoms with Gasteiger partial charge in [0.15, 0.2) is 5.11 Å². The summed E-state index contributed by atoms with van der Waals surface area (Å²) in [5.74, 6) is -0.484.